The molecule has 1 aromatic heterocycles. The molecule has 0 bridgehead atoms. The first-order valence-corrected chi connectivity index (χ1v) is 11.6. The van der Waals surface area contributed by atoms with E-state index in [-0.39, 0.29) is 17.3 Å². The number of anilines is 2. The van der Waals surface area contributed by atoms with E-state index in [1.54, 1.807) is 29.3 Å². The van der Waals surface area contributed by atoms with Crippen molar-refractivity contribution in [3.05, 3.63) is 41.2 Å². The van der Waals surface area contributed by atoms with Gasteiger partial charge in [-0.1, -0.05) is 0 Å². The standard InChI is InChI=1S/C20H23N5O4S/c26-18-2-1-14-11-17(12-15-4-6-25(18)19(14)15)30(27,28)22-13-16-3-5-21-20(23-16)24-7-9-29-10-8-24/h3,5,11-12,22H,1-2,4,6-10,13H2. The molecule has 30 heavy (non-hydrogen) atoms. The van der Waals surface area contributed by atoms with Crippen molar-refractivity contribution in [3.63, 3.8) is 0 Å². The molecule has 0 spiro atoms. The molecule has 0 aliphatic carbocycles. The average Bonchev–Trinajstić information content (AvgIpc) is 3.21. The molecule has 9 nitrogen and oxygen atoms in total. The van der Waals surface area contributed by atoms with Crippen LogP contribution in [0.25, 0.3) is 0 Å². The number of morpholine rings is 1. The largest absolute Gasteiger partial charge is 0.378 e. The van der Waals surface area contributed by atoms with Crippen molar-refractivity contribution in [2.45, 2.75) is 30.7 Å². The van der Waals surface area contributed by atoms with Crippen molar-refractivity contribution < 1.29 is 17.9 Å². The molecule has 1 aromatic carbocycles. The summed E-state index contributed by atoms with van der Waals surface area (Å²) >= 11 is 0. The maximum Gasteiger partial charge on any atom is 0.240 e. The third-order valence-electron chi connectivity index (χ3n) is 5.77. The Morgan fingerprint density at radius 1 is 1.07 bits per heavy atom. The van der Waals surface area contributed by atoms with Crippen LogP contribution in [0.1, 0.15) is 23.2 Å². The molecule has 0 radical (unpaired) electrons. The molecule has 5 rings (SSSR count). The number of aryl methyl sites for hydroxylation is 1. The first-order chi connectivity index (χ1) is 14.5. The number of nitrogens with one attached hydrogen (secondary N) is 1. The van der Waals surface area contributed by atoms with Gasteiger partial charge in [-0.15, -0.1) is 0 Å². The normalized spacial score (nSPS) is 18.6. The van der Waals surface area contributed by atoms with E-state index in [4.69, 9.17) is 4.74 Å². The summed E-state index contributed by atoms with van der Waals surface area (Å²) in [6.45, 7) is 3.40. The Hall–Kier alpha value is -2.56. The van der Waals surface area contributed by atoms with Gasteiger partial charge >= 0.3 is 0 Å². The minimum absolute atomic E-state index is 0.0826. The summed E-state index contributed by atoms with van der Waals surface area (Å²) in [7, 11) is -3.70. The fraction of sp³-hybridized carbons (Fsp3) is 0.450. The summed E-state index contributed by atoms with van der Waals surface area (Å²) in [5.74, 6) is 0.705. The monoisotopic (exact) mass is 429 g/mol. The van der Waals surface area contributed by atoms with Crippen molar-refractivity contribution in [2.75, 3.05) is 42.6 Å². The third-order valence-corrected chi connectivity index (χ3v) is 7.15. The zero-order valence-corrected chi connectivity index (χ0v) is 17.3. The van der Waals surface area contributed by atoms with Crippen LogP contribution in [0.5, 0.6) is 0 Å². The highest BCUT2D eigenvalue weighted by Gasteiger charge is 2.32. The topological polar surface area (TPSA) is 105 Å². The van der Waals surface area contributed by atoms with Gasteiger partial charge in [-0.3, -0.25) is 4.79 Å². The highest BCUT2D eigenvalue weighted by Crippen LogP contribution is 2.38. The minimum atomic E-state index is -3.70. The lowest BCUT2D eigenvalue weighted by Gasteiger charge is -2.26. The summed E-state index contributed by atoms with van der Waals surface area (Å²) in [5, 5.41) is 0. The number of hydrogen-bond acceptors (Lipinski definition) is 7. The fourth-order valence-corrected chi connectivity index (χ4v) is 5.33. The molecule has 0 unspecified atom stereocenters. The molecule has 158 valence electrons. The van der Waals surface area contributed by atoms with Crippen LogP contribution in [0.4, 0.5) is 11.6 Å². The van der Waals surface area contributed by atoms with E-state index in [1.807, 2.05) is 4.90 Å². The van der Waals surface area contributed by atoms with E-state index < -0.39 is 10.0 Å². The van der Waals surface area contributed by atoms with Crippen LogP contribution in [0.2, 0.25) is 0 Å². The number of carbonyl (C=O) groups is 1. The van der Waals surface area contributed by atoms with Gasteiger partial charge in [-0.25, -0.2) is 23.1 Å². The van der Waals surface area contributed by atoms with E-state index in [0.717, 1.165) is 16.8 Å². The van der Waals surface area contributed by atoms with Crippen LogP contribution in [-0.2, 0) is 38.9 Å². The molecule has 3 aliphatic heterocycles. The van der Waals surface area contributed by atoms with Gasteiger partial charge in [0.05, 0.1) is 36.0 Å². The zero-order valence-electron chi connectivity index (χ0n) is 16.5. The molecule has 0 atom stereocenters. The maximum atomic E-state index is 13.0. The second-order valence-electron chi connectivity index (χ2n) is 7.66. The number of sulfonamides is 1. The zero-order chi connectivity index (χ0) is 20.7. The molecule has 1 amide bonds. The molecule has 1 saturated heterocycles. The lowest BCUT2D eigenvalue weighted by molar-refractivity contribution is -0.118. The van der Waals surface area contributed by atoms with Crippen LogP contribution in [0.15, 0.2) is 29.3 Å². The Bertz CT molecular complexity index is 1100. The average molecular weight is 430 g/mol. The van der Waals surface area contributed by atoms with Crippen molar-refractivity contribution >= 4 is 27.6 Å². The van der Waals surface area contributed by atoms with Crippen molar-refractivity contribution in [3.8, 4) is 0 Å². The molecular weight excluding hydrogens is 406 g/mol. The van der Waals surface area contributed by atoms with E-state index in [0.29, 0.717) is 63.8 Å². The number of benzene rings is 1. The van der Waals surface area contributed by atoms with E-state index in [9.17, 15) is 13.2 Å². The van der Waals surface area contributed by atoms with E-state index >= 15 is 0 Å². The van der Waals surface area contributed by atoms with Gasteiger partial charge in [-0.05, 0) is 42.2 Å². The van der Waals surface area contributed by atoms with Crippen LogP contribution < -0.4 is 14.5 Å². The number of aromatic nitrogens is 2. The Kier molecular flexibility index (Phi) is 4.92. The van der Waals surface area contributed by atoms with Gasteiger partial charge in [0, 0.05) is 32.3 Å². The summed E-state index contributed by atoms with van der Waals surface area (Å²) in [6.07, 6.45) is 3.34. The maximum absolute atomic E-state index is 13.0. The second-order valence-corrected chi connectivity index (χ2v) is 9.42. The van der Waals surface area contributed by atoms with Crippen LogP contribution in [0, 0.1) is 0 Å². The van der Waals surface area contributed by atoms with Crippen molar-refractivity contribution in [1.82, 2.24) is 14.7 Å². The predicted octanol–water partition coefficient (Wildman–Crippen LogP) is 0.627. The molecule has 2 aromatic rings. The lowest BCUT2D eigenvalue weighted by Crippen LogP contribution is -2.37. The predicted molar refractivity (Wildman–Crippen MR) is 110 cm³/mol. The van der Waals surface area contributed by atoms with Gasteiger partial charge in [0.25, 0.3) is 0 Å². The lowest BCUT2D eigenvalue weighted by atomic mass is 10.00. The molecule has 4 heterocycles. The molecule has 3 aliphatic rings. The SMILES string of the molecule is O=C1CCc2cc(S(=O)(=O)NCc3ccnc(N4CCOCC4)n3)cc3c2N1CC3. The molecule has 1 N–H and O–H groups in total. The quantitative estimate of drug-likeness (QED) is 0.743. The molecular formula is C20H23N5O4S. The number of rotatable bonds is 5. The number of nitrogens with zero attached hydrogens (tertiary/aromatic N) is 4. The molecule has 0 saturated carbocycles. The first kappa shape index (κ1) is 19.4. The van der Waals surface area contributed by atoms with E-state index in [1.165, 1.54) is 0 Å². The van der Waals surface area contributed by atoms with Crippen LogP contribution >= 0.6 is 0 Å². The Balaban J connectivity index is 1.34. The minimum Gasteiger partial charge on any atom is -0.378 e. The fourth-order valence-electron chi connectivity index (χ4n) is 4.23. The van der Waals surface area contributed by atoms with Crippen molar-refractivity contribution in [1.29, 1.82) is 0 Å². The Morgan fingerprint density at radius 3 is 2.63 bits per heavy atom. The first-order valence-electron chi connectivity index (χ1n) is 10.1. The highest BCUT2D eigenvalue weighted by atomic mass is 32.2. The molecule has 10 heteroatoms. The van der Waals surface area contributed by atoms with Crippen molar-refractivity contribution in [2.24, 2.45) is 0 Å². The second kappa shape index (κ2) is 7.60. The highest BCUT2D eigenvalue weighted by molar-refractivity contribution is 7.89. The summed E-state index contributed by atoms with van der Waals surface area (Å²) in [5.41, 5.74) is 3.38. The van der Waals surface area contributed by atoms with Crippen LogP contribution in [-0.4, -0.2) is 57.1 Å². The van der Waals surface area contributed by atoms with Gasteiger partial charge in [0.15, 0.2) is 0 Å². The summed E-state index contributed by atoms with van der Waals surface area (Å²) < 4.78 is 33.9. The van der Waals surface area contributed by atoms with Crippen LogP contribution in [0.3, 0.4) is 0 Å². The number of hydrogen-bond donors (Lipinski definition) is 1. The van der Waals surface area contributed by atoms with E-state index in [2.05, 4.69) is 14.7 Å². The molecule has 1 fully saturated rings. The third kappa shape index (κ3) is 3.55. The summed E-state index contributed by atoms with van der Waals surface area (Å²) in [4.78, 5) is 24.9. The Morgan fingerprint density at radius 2 is 1.83 bits per heavy atom. The summed E-state index contributed by atoms with van der Waals surface area (Å²) in [6, 6.07) is 5.10. The number of carbonyl (C=O) groups excluding carboxylic acids is 1. The van der Waals surface area contributed by atoms with Gasteiger partial charge < -0.3 is 14.5 Å². The number of ether oxygens (including phenoxy) is 1. The number of amides is 1. The van der Waals surface area contributed by atoms with Gasteiger partial charge in [0.2, 0.25) is 21.9 Å². The Labute approximate surface area is 175 Å². The van der Waals surface area contributed by atoms with Gasteiger partial charge in [0.1, 0.15) is 0 Å². The smallest absolute Gasteiger partial charge is 0.240 e. The van der Waals surface area contributed by atoms with Gasteiger partial charge in [-0.2, -0.15) is 0 Å².